The number of fused-ring (bicyclic) bond motifs is 1. The molecule has 0 unspecified atom stereocenters. The zero-order valence-electron chi connectivity index (χ0n) is 21.7. The summed E-state index contributed by atoms with van der Waals surface area (Å²) < 4.78 is 35.8. The summed E-state index contributed by atoms with van der Waals surface area (Å²) in [6.45, 7) is 4.05. The van der Waals surface area contributed by atoms with Crippen LogP contribution in [0, 0.1) is 23.0 Å². The number of hydrogen-bond acceptors (Lipinski definition) is 6. The van der Waals surface area contributed by atoms with Crippen LogP contribution in [0.15, 0.2) is 73.1 Å². The maximum absolute atomic E-state index is 15.0. The number of halogens is 2. The minimum absolute atomic E-state index is 0.0473. The van der Waals surface area contributed by atoms with Crippen molar-refractivity contribution in [3.8, 4) is 11.6 Å². The first kappa shape index (κ1) is 25.5. The second kappa shape index (κ2) is 9.74. The van der Waals surface area contributed by atoms with Gasteiger partial charge in [-0.05, 0) is 62.1 Å². The molecule has 6 rings (SSSR count). The number of rotatable bonds is 9. The maximum Gasteiger partial charge on any atom is 0.238 e. The van der Waals surface area contributed by atoms with E-state index in [4.69, 9.17) is 4.74 Å². The lowest BCUT2D eigenvalue weighted by Crippen LogP contribution is -2.36. The molecule has 2 saturated carbocycles. The van der Waals surface area contributed by atoms with Gasteiger partial charge in [-0.15, -0.1) is 5.10 Å². The van der Waals surface area contributed by atoms with Crippen molar-refractivity contribution in [2.75, 3.05) is 22.6 Å². The molecule has 2 aliphatic rings. The molecular weight excluding hydrogens is 518 g/mol. The summed E-state index contributed by atoms with van der Waals surface area (Å²) in [7, 11) is 1.59. The second-order valence-corrected chi connectivity index (χ2v) is 10.1. The Balaban J connectivity index is 1.12. The molecule has 0 spiro atoms. The molecule has 2 amide bonds. The fraction of sp³-hybridized carbons (Fsp3) is 0.241. The molecule has 11 heteroatoms. The zero-order chi connectivity index (χ0) is 28.0. The number of carbonyl (C=O) groups excluding carboxylic acids is 2. The van der Waals surface area contributed by atoms with Crippen molar-refractivity contribution >= 4 is 34.7 Å². The van der Waals surface area contributed by atoms with Gasteiger partial charge in [0.15, 0.2) is 23.0 Å². The lowest BCUT2D eigenvalue weighted by atomic mass is 10.0. The molecule has 2 N–H and O–H groups in total. The summed E-state index contributed by atoms with van der Waals surface area (Å²) in [5.74, 6) is -0.829. The first-order valence-corrected chi connectivity index (χ1v) is 12.9. The molecular formula is C29H26F2N6O3. The van der Waals surface area contributed by atoms with Crippen molar-refractivity contribution in [1.82, 2.24) is 14.6 Å². The molecule has 204 valence electrons. The van der Waals surface area contributed by atoms with Crippen molar-refractivity contribution in [2.24, 2.45) is 11.3 Å². The number of nitrogens with one attached hydrogen (secondary N) is 2. The number of benzene rings is 2. The van der Waals surface area contributed by atoms with Crippen LogP contribution in [-0.2, 0) is 9.59 Å². The van der Waals surface area contributed by atoms with Gasteiger partial charge in [0.2, 0.25) is 17.7 Å². The van der Waals surface area contributed by atoms with E-state index >= 15 is 0 Å². The molecule has 2 fully saturated rings. The molecule has 2 aromatic heterocycles. The van der Waals surface area contributed by atoms with Crippen LogP contribution in [0.4, 0.5) is 26.0 Å². The van der Waals surface area contributed by atoms with E-state index < -0.39 is 17.0 Å². The molecule has 2 aromatic carbocycles. The summed E-state index contributed by atoms with van der Waals surface area (Å²) in [6.07, 6.45) is 4.50. The van der Waals surface area contributed by atoms with E-state index in [1.807, 2.05) is 0 Å². The van der Waals surface area contributed by atoms with Gasteiger partial charge < -0.3 is 20.3 Å². The van der Waals surface area contributed by atoms with Crippen molar-refractivity contribution in [3.05, 3.63) is 84.7 Å². The van der Waals surface area contributed by atoms with Crippen LogP contribution < -0.4 is 20.3 Å². The molecule has 40 heavy (non-hydrogen) atoms. The molecule has 4 aromatic rings. The van der Waals surface area contributed by atoms with Gasteiger partial charge in [-0.1, -0.05) is 12.6 Å². The van der Waals surface area contributed by atoms with Crippen LogP contribution in [0.5, 0.6) is 11.6 Å². The summed E-state index contributed by atoms with van der Waals surface area (Å²) in [5, 5.41) is 10.1. The number of imidazole rings is 1. The number of nitrogens with zero attached hydrogens (tertiary/aromatic N) is 4. The van der Waals surface area contributed by atoms with Gasteiger partial charge in [0.1, 0.15) is 5.82 Å². The normalized spacial score (nSPS) is 15.4. The van der Waals surface area contributed by atoms with E-state index in [0.717, 1.165) is 12.8 Å². The van der Waals surface area contributed by atoms with Crippen LogP contribution in [0.25, 0.3) is 5.65 Å². The van der Waals surface area contributed by atoms with Crippen LogP contribution in [-0.4, -0.2) is 33.5 Å². The van der Waals surface area contributed by atoms with E-state index in [1.54, 1.807) is 43.6 Å². The number of carbonyl (C=O) groups is 2. The van der Waals surface area contributed by atoms with E-state index in [9.17, 15) is 18.4 Å². The minimum Gasteiger partial charge on any atom is -0.434 e. The van der Waals surface area contributed by atoms with Crippen LogP contribution in [0.3, 0.4) is 0 Å². The molecule has 2 aliphatic carbocycles. The van der Waals surface area contributed by atoms with Crippen molar-refractivity contribution in [1.29, 1.82) is 0 Å². The predicted molar refractivity (Wildman–Crippen MR) is 145 cm³/mol. The van der Waals surface area contributed by atoms with E-state index in [0.29, 0.717) is 41.4 Å². The Morgan fingerprint density at radius 3 is 2.60 bits per heavy atom. The highest BCUT2D eigenvalue weighted by Gasteiger charge is 2.54. The van der Waals surface area contributed by atoms with Gasteiger partial charge in [-0.25, -0.2) is 18.3 Å². The molecule has 9 nitrogen and oxygen atoms in total. The van der Waals surface area contributed by atoms with Gasteiger partial charge in [-0.3, -0.25) is 9.59 Å². The van der Waals surface area contributed by atoms with Gasteiger partial charge in [0.05, 0.1) is 11.6 Å². The third-order valence-electron chi connectivity index (χ3n) is 7.17. The van der Waals surface area contributed by atoms with E-state index in [-0.39, 0.29) is 29.4 Å². The Kier molecular flexibility index (Phi) is 6.21. The van der Waals surface area contributed by atoms with E-state index in [2.05, 4.69) is 27.3 Å². The fourth-order valence-electron chi connectivity index (χ4n) is 4.51. The highest BCUT2D eigenvalue weighted by Crippen LogP contribution is 2.53. The summed E-state index contributed by atoms with van der Waals surface area (Å²) in [5.41, 5.74) is 0.928. The number of anilines is 3. The first-order chi connectivity index (χ1) is 19.2. The summed E-state index contributed by atoms with van der Waals surface area (Å²) >= 11 is 0. The largest absolute Gasteiger partial charge is 0.434 e. The van der Waals surface area contributed by atoms with Gasteiger partial charge in [-0.2, -0.15) is 0 Å². The van der Waals surface area contributed by atoms with Crippen LogP contribution >= 0.6 is 0 Å². The average molecular weight is 545 g/mol. The Morgan fingerprint density at radius 2 is 1.90 bits per heavy atom. The summed E-state index contributed by atoms with van der Waals surface area (Å²) in [6, 6.07) is 13.3. The average Bonchev–Trinajstić information content (AvgIpc) is 3.86. The number of ether oxygens (including phenoxy) is 1. The Labute approximate surface area is 228 Å². The van der Waals surface area contributed by atoms with Gasteiger partial charge in [0.25, 0.3) is 0 Å². The maximum atomic E-state index is 15.0. The fourth-order valence-corrected chi connectivity index (χ4v) is 4.51. The highest BCUT2D eigenvalue weighted by atomic mass is 19.1. The molecule has 0 saturated heterocycles. The number of hydrogen-bond donors (Lipinski definition) is 2. The van der Waals surface area contributed by atoms with Gasteiger partial charge in [0, 0.05) is 42.2 Å². The Morgan fingerprint density at radius 1 is 1.10 bits per heavy atom. The molecule has 2 heterocycles. The minimum atomic E-state index is -0.853. The lowest BCUT2D eigenvalue weighted by Gasteiger charge is -2.26. The van der Waals surface area contributed by atoms with Gasteiger partial charge >= 0.3 is 0 Å². The molecule has 0 atom stereocenters. The standard InChI is InChI=1S/C29H26F2N6O3/c1-17(29(12-13-29)28(39)36(2)21-5-3-4-19(30)14-21)32-20-8-9-23(22(31)15-20)40-26-11-10-25-33-24(16-37(25)35-26)34-27(38)18-6-7-18/h3-5,8-11,14-16,18,32H,1,6-7,12-13H2,2H3,(H,34,38). The number of amides is 2. The highest BCUT2D eigenvalue weighted by molar-refractivity contribution is 6.01. The van der Waals surface area contributed by atoms with E-state index in [1.165, 1.54) is 33.7 Å². The predicted octanol–water partition coefficient (Wildman–Crippen LogP) is 5.52. The van der Waals surface area contributed by atoms with Crippen molar-refractivity contribution in [2.45, 2.75) is 25.7 Å². The Bertz CT molecular complexity index is 1660. The molecule has 0 bridgehead atoms. The first-order valence-electron chi connectivity index (χ1n) is 12.9. The van der Waals surface area contributed by atoms with Crippen molar-refractivity contribution < 1.29 is 23.1 Å². The Hall–Kier alpha value is -4.80. The zero-order valence-corrected chi connectivity index (χ0v) is 21.7. The monoisotopic (exact) mass is 544 g/mol. The third kappa shape index (κ3) is 4.97. The van der Waals surface area contributed by atoms with Crippen LogP contribution in [0.1, 0.15) is 25.7 Å². The topological polar surface area (TPSA) is 101 Å². The lowest BCUT2D eigenvalue weighted by molar-refractivity contribution is -0.122. The quantitative estimate of drug-likeness (QED) is 0.288. The molecule has 0 radical (unpaired) electrons. The summed E-state index contributed by atoms with van der Waals surface area (Å²) in [4.78, 5) is 31.0. The third-order valence-corrected chi connectivity index (χ3v) is 7.17. The second-order valence-electron chi connectivity index (χ2n) is 10.1. The van der Waals surface area contributed by atoms with Crippen LogP contribution in [0.2, 0.25) is 0 Å². The smallest absolute Gasteiger partial charge is 0.238 e. The van der Waals surface area contributed by atoms with Crippen molar-refractivity contribution in [3.63, 3.8) is 0 Å². The number of aromatic nitrogens is 3. The SMILES string of the molecule is C=C(Nc1ccc(Oc2ccc3nc(NC(=O)C4CC4)cn3n2)c(F)c1)C1(C(=O)N(C)c2cccc(F)c2)CC1. The molecule has 0 aliphatic heterocycles.